The molecule has 0 saturated carbocycles. The topological polar surface area (TPSA) is 35.8 Å². The van der Waals surface area contributed by atoms with Crippen molar-refractivity contribution < 1.29 is 0 Å². The van der Waals surface area contributed by atoms with Gasteiger partial charge in [0.15, 0.2) is 0 Å². The molecule has 0 aliphatic heterocycles. The minimum Gasteiger partial charge on any atom is -0.367 e. The molecule has 0 atom stereocenters. The molecule has 0 aromatic heterocycles. The van der Waals surface area contributed by atoms with Gasteiger partial charge >= 0.3 is 0 Å². The Labute approximate surface area is 91.9 Å². The highest BCUT2D eigenvalue weighted by Gasteiger charge is 2.18. The number of hydrogen-bond acceptors (Lipinski definition) is 2. The Balaban J connectivity index is 3.09. The fraction of sp³-hybridized carbons (Fsp3) is 0.462. The zero-order chi connectivity index (χ0) is 11.5. The fourth-order valence-electron chi connectivity index (χ4n) is 1.54. The molecule has 0 bridgehead atoms. The number of aryl methyl sites for hydroxylation is 2. The average Bonchev–Trinajstić information content (AvgIpc) is 2.21. The van der Waals surface area contributed by atoms with Crippen LogP contribution in [0.2, 0.25) is 0 Å². The predicted molar refractivity (Wildman–Crippen MR) is 63.9 cm³/mol. The van der Waals surface area contributed by atoms with Crippen LogP contribution in [0.3, 0.4) is 0 Å². The molecule has 0 radical (unpaired) electrons. The van der Waals surface area contributed by atoms with Crippen LogP contribution in [0.15, 0.2) is 18.2 Å². The van der Waals surface area contributed by atoms with E-state index in [9.17, 15) is 0 Å². The zero-order valence-corrected chi connectivity index (χ0v) is 9.89. The number of benzene rings is 1. The van der Waals surface area contributed by atoms with Gasteiger partial charge in [-0.25, -0.2) is 0 Å². The summed E-state index contributed by atoms with van der Waals surface area (Å²) >= 11 is 0. The molecule has 80 valence electrons. The SMILES string of the molecule is CCc1cccc(C)c1NC(C)(C)C#N. The first-order valence-electron chi connectivity index (χ1n) is 5.28. The lowest BCUT2D eigenvalue weighted by Crippen LogP contribution is -2.29. The number of nitriles is 1. The van der Waals surface area contributed by atoms with E-state index in [1.807, 2.05) is 13.8 Å². The van der Waals surface area contributed by atoms with Gasteiger partial charge in [-0.15, -0.1) is 0 Å². The molecule has 2 nitrogen and oxygen atoms in total. The molecule has 0 aliphatic rings. The van der Waals surface area contributed by atoms with Crippen LogP contribution in [0.4, 0.5) is 5.69 Å². The van der Waals surface area contributed by atoms with Gasteiger partial charge in [-0.1, -0.05) is 25.1 Å². The largest absolute Gasteiger partial charge is 0.367 e. The van der Waals surface area contributed by atoms with E-state index in [2.05, 4.69) is 43.4 Å². The van der Waals surface area contributed by atoms with Crippen molar-refractivity contribution in [2.45, 2.75) is 39.7 Å². The maximum Gasteiger partial charge on any atom is 0.119 e. The van der Waals surface area contributed by atoms with Crippen molar-refractivity contribution in [1.29, 1.82) is 5.26 Å². The number of nitrogens with one attached hydrogen (secondary N) is 1. The van der Waals surface area contributed by atoms with Crippen molar-refractivity contribution in [1.82, 2.24) is 0 Å². The lowest BCUT2D eigenvalue weighted by atomic mass is 10.0. The molecular weight excluding hydrogens is 184 g/mol. The first-order valence-corrected chi connectivity index (χ1v) is 5.28. The van der Waals surface area contributed by atoms with E-state index < -0.39 is 5.54 Å². The molecule has 0 fully saturated rings. The summed E-state index contributed by atoms with van der Waals surface area (Å²) in [6, 6.07) is 8.48. The maximum atomic E-state index is 9.00. The zero-order valence-electron chi connectivity index (χ0n) is 9.89. The number of hydrogen-bond donors (Lipinski definition) is 1. The van der Waals surface area contributed by atoms with Crippen LogP contribution in [0, 0.1) is 18.3 Å². The summed E-state index contributed by atoms with van der Waals surface area (Å²) in [5.41, 5.74) is 3.04. The molecule has 0 saturated heterocycles. The third kappa shape index (κ3) is 2.73. The molecule has 0 amide bonds. The van der Waals surface area contributed by atoms with Gasteiger partial charge in [0, 0.05) is 5.69 Å². The van der Waals surface area contributed by atoms with Gasteiger partial charge in [0.1, 0.15) is 5.54 Å². The van der Waals surface area contributed by atoms with Gasteiger partial charge in [0.05, 0.1) is 6.07 Å². The molecule has 2 heteroatoms. The summed E-state index contributed by atoms with van der Waals surface area (Å²) < 4.78 is 0. The van der Waals surface area contributed by atoms with E-state index in [-0.39, 0.29) is 0 Å². The molecule has 0 heterocycles. The summed E-state index contributed by atoms with van der Waals surface area (Å²) in [6.45, 7) is 7.96. The minimum atomic E-state index is -0.518. The molecule has 1 aromatic rings. The van der Waals surface area contributed by atoms with E-state index in [4.69, 9.17) is 5.26 Å². The summed E-state index contributed by atoms with van der Waals surface area (Å²) in [5.74, 6) is 0. The smallest absolute Gasteiger partial charge is 0.119 e. The second-order valence-electron chi connectivity index (χ2n) is 4.32. The molecule has 0 aliphatic carbocycles. The Morgan fingerprint density at radius 3 is 2.60 bits per heavy atom. The van der Waals surface area contributed by atoms with Crippen molar-refractivity contribution in [2.75, 3.05) is 5.32 Å². The van der Waals surface area contributed by atoms with E-state index in [1.165, 1.54) is 11.1 Å². The number of rotatable bonds is 3. The van der Waals surface area contributed by atoms with Crippen LogP contribution in [0.25, 0.3) is 0 Å². The Hall–Kier alpha value is -1.49. The monoisotopic (exact) mass is 202 g/mol. The van der Waals surface area contributed by atoms with Crippen LogP contribution < -0.4 is 5.32 Å². The molecule has 0 unspecified atom stereocenters. The lowest BCUT2D eigenvalue weighted by Gasteiger charge is -2.23. The highest BCUT2D eigenvalue weighted by Crippen LogP contribution is 2.24. The van der Waals surface area contributed by atoms with Crippen LogP contribution in [-0.2, 0) is 6.42 Å². The molecule has 0 spiro atoms. The number of nitrogens with zero attached hydrogens (tertiary/aromatic N) is 1. The summed E-state index contributed by atoms with van der Waals surface area (Å²) in [5, 5.41) is 12.3. The van der Waals surface area contributed by atoms with Gasteiger partial charge in [-0.3, -0.25) is 0 Å². The quantitative estimate of drug-likeness (QED) is 0.816. The van der Waals surface area contributed by atoms with E-state index in [0.717, 1.165) is 12.1 Å². The average molecular weight is 202 g/mol. The van der Waals surface area contributed by atoms with Crippen LogP contribution in [0.5, 0.6) is 0 Å². The molecule has 1 N–H and O–H groups in total. The predicted octanol–water partition coefficient (Wildman–Crippen LogP) is 3.27. The molecule has 1 rings (SSSR count). The van der Waals surface area contributed by atoms with Gasteiger partial charge in [-0.05, 0) is 38.3 Å². The normalized spacial score (nSPS) is 10.9. The summed E-state index contributed by atoms with van der Waals surface area (Å²) in [4.78, 5) is 0. The number of anilines is 1. The highest BCUT2D eigenvalue weighted by molar-refractivity contribution is 5.59. The van der Waals surface area contributed by atoms with Gasteiger partial charge in [0.2, 0.25) is 0 Å². The fourth-order valence-corrected chi connectivity index (χ4v) is 1.54. The summed E-state index contributed by atoms with van der Waals surface area (Å²) in [6.07, 6.45) is 0.978. The maximum absolute atomic E-state index is 9.00. The minimum absolute atomic E-state index is 0.518. The first-order chi connectivity index (χ1) is 7.00. The lowest BCUT2D eigenvalue weighted by molar-refractivity contribution is 0.725. The van der Waals surface area contributed by atoms with Crippen molar-refractivity contribution in [3.05, 3.63) is 29.3 Å². The van der Waals surface area contributed by atoms with E-state index in [1.54, 1.807) is 0 Å². The van der Waals surface area contributed by atoms with Gasteiger partial charge < -0.3 is 5.32 Å². The highest BCUT2D eigenvalue weighted by atomic mass is 15.0. The summed E-state index contributed by atoms with van der Waals surface area (Å²) in [7, 11) is 0. The Kier molecular flexibility index (Phi) is 3.36. The Morgan fingerprint density at radius 2 is 2.07 bits per heavy atom. The Morgan fingerprint density at radius 1 is 1.40 bits per heavy atom. The second-order valence-corrected chi connectivity index (χ2v) is 4.32. The van der Waals surface area contributed by atoms with E-state index >= 15 is 0 Å². The van der Waals surface area contributed by atoms with Crippen LogP contribution in [0.1, 0.15) is 31.9 Å². The van der Waals surface area contributed by atoms with Crippen LogP contribution >= 0.6 is 0 Å². The molecule has 1 aromatic carbocycles. The molecular formula is C13H18N2. The standard InChI is InChI=1S/C13H18N2/c1-5-11-8-6-7-10(2)12(11)15-13(3,4)9-14/h6-8,15H,5H2,1-4H3. The van der Waals surface area contributed by atoms with E-state index in [0.29, 0.717) is 0 Å². The van der Waals surface area contributed by atoms with Gasteiger partial charge in [-0.2, -0.15) is 5.26 Å². The van der Waals surface area contributed by atoms with Crippen molar-refractivity contribution in [3.63, 3.8) is 0 Å². The second kappa shape index (κ2) is 4.35. The van der Waals surface area contributed by atoms with Crippen molar-refractivity contribution in [2.24, 2.45) is 0 Å². The first kappa shape index (κ1) is 11.6. The third-order valence-corrected chi connectivity index (χ3v) is 2.46. The van der Waals surface area contributed by atoms with Crippen LogP contribution in [-0.4, -0.2) is 5.54 Å². The number of para-hydroxylation sites is 1. The molecule has 15 heavy (non-hydrogen) atoms. The Bertz CT molecular complexity index is 386. The third-order valence-electron chi connectivity index (χ3n) is 2.46. The van der Waals surface area contributed by atoms with Crippen molar-refractivity contribution >= 4 is 5.69 Å². The van der Waals surface area contributed by atoms with Gasteiger partial charge in [0.25, 0.3) is 0 Å². The van der Waals surface area contributed by atoms with Crippen molar-refractivity contribution in [3.8, 4) is 6.07 Å².